The van der Waals surface area contributed by atoms with E-state index in [9.17, 15) is 9.59 Å². The number of nitrogens with zero attached hydrogens (tertiary/aromatic N) is 2. The third-order valence-corrected chi connectivity index (χ3v) is 6.18. The number of ether oxygens (including phenoxy) is 1. The third kappa shape index (κ3) is 7.61. The minimum absolute atomic E-state index is 0.0263. The smallest absolute Gasteiger partial charge is 0.242 e. The van der Waals surface area contributed by atoms with Crippen molar-refractivity contribution >= 4 is 22.7 Å². The largest absolute Gasteiger partial charge is 0.496 e. The van der Waals surface area contributed by atoms with E-state index in [4.69, 9.17) is 4.74 Å². The van der Waals surface area contributed by atoms with Gasteiger partial charge in [0.1, 0.15) is 5.75 Å². The molecule has 36 heavy (non-hydrogen) atoms. The second-order valence-electron chi connectivity index (χ2n) is 11.1. The summed E-state index contributed by atoms with van der Waals surface area (Å²) in [7, 11) is 1.65. The first-order chi connectivity index (χ1) is 17.1. The lowest BCUT2D eigenvalue weighted by Gasteiger charge is -2.31. The molecule has 1 N–H and O–H groups in total. The molecule has 1 heterocycles. The van der Waals surface area contributed by atoms with E-state index in [0.29, 0.717) is 32.5 Å². The zero-order chi connectivity index (χ0) is 26.3. The van der Waals surface area contributed by atoms with Crippen molar-refractivity contribution in [2.24, 2.45) is 11.3 Å². The van der Waals surface area contributed by atoms with Crippen LogP contribution in [0.25, 0.3) is 10.9 Å². The molecule has 0 saturated heterocycles. The summed E-state index contributed by atoms with van der Waals surface area (Å²) in [6.07, 6.45) is 3.15. The maximum Gasteiger partial charge on any atom is 0.242 e. The number of rotatable bonds is 11. The van der Waals surface area contributed by atoms with Gasteiger partial charge in [-0.3, -0.25) is 9.59 Å². The fourth-order valence-corrected chi connectivity index (χ4v) is 4.45. The number of para-hydroxylation sites is 2. The molecular weight excluding hydrogens is 450 g/mol. The van der Waals surface area contributed by atoms with E-state index >= 15 is 0 Å². The molecule has 2 aromatic carbocycles. The van der Waals surface area contributed by atoms with E-state index in [1.807, 2.05) is 47.5 Å². The average Bonchev–Trinajstić information content (AvgIpc) is 3.23. The van der Waals surface area contributed by atoms with Crippen LogP contribution >= 0.6 is 0 Å². The van der Waals surface area contributed by atoms with Crippen molar-refractivity contribution in [3.8, 4) is 5.75 Å². The van der Waals surface area contributed by atoms with Crippen molar-refractivity contribution in [1.82, 2.24) is 14.8 Å². The first kappa shape index (κ1) is 27.3. The van der Waals surface area contributed by atoms with E-state index < -0.39 is 0 Å². The summed E-state index contributed by atoms with van der Waals surface area (Å²) in [4.78, 5) is 33.8. The summed E-state index contributed by atoms with van der Waals surface area (Å²) >= 11 is 0. The lowest BCUT2D eigenvalue weighted by atomic mass is 9.91. The highest BCUT2D eigenvalue weighted by Crippen LogP contribution is 2.23. The van der Waals surface area contributed by atoms with Gasteiger partial charge in [0, 0.05) is 48.7 Å². The molecule has 0 radical (unpaired) electrons. The van der Waals surface area contributed by atoms with Crippen molar-refractivity contribution in [2.45, 2.75) is 54.0 Å². The van der Waals surface area contributed by atoms with Gasteiger partial charge in [0.15, 0.2) is 0 Å². The average molecular weight is 492 g/mol. The van der Waals surface area contributed by atoms with Crippen LogP contribution in [0.15, 0.2) is 54.7 Å². The summed E-state index contributed by atoms with van der Waals surface area (Å²) in [5.74, 6) is 1.00. The van der Waals surface area contributed by atoms with Crippen LogP contribution in [0.1, 0.15) is 52.2 Å². The van der Waals surface area contributed by atoms with Crippen LogP contribution in [0.2, 0.25) is 0 Å². The standard InChI is InChI=1S/C30H41N3O3/c1-22(2)19-33(28(34)17-30(3,4)5)21-29(35)32(20-24-11-7-10-14-27(24)36-6)16-15-23-18-31-26-13-9-8-12-25(23)26/h7-14,18,22,31H,15-17,19-21H2,1-6H3. The van der Waals surface area contributed by atoms with Gasteiger partial charge in [-0.2, -0.15) is 0 Å². The maximum absolute atomic E-state index is 13.7. The van der Waals surface area contributed by atoms with Crippen molar-refractivity contribution in [2.75, 3.05) is 26.7 Å². The number of carbonyl (C=O) groups excluding carboxylic acids is 2. The summed E-state index contributed by atoms with van der Waals surface area (Å²) in [5.41, 5.74) is 3.07. The summed E-state index contributed by atoms with van der Waals surface area (Å²) in [6, 6.07) is 16.0. The Kier molecular flexibility index (Phi) is 9.19. The van der Waals surface area contributed by atoms with Crippen LogP contribution in [0, 0.1) is 11.3 Å². The maximum atomic E-state index is 13.7. The van der Waals surface area contributed by atoms with Crippen molar-refractivity contribution in [3.05, 3.63) is 65.9 Å². The minimum Gasteiger partial charge on any atom is -0.496 e. The highest BCUT2D eigenvalue weighted by molar-refractivity contribution is 5.85. The topological polar surface area (TPSA) is 65.6 Å². The van der Waals surface area contributed by atoms with Gasteiger partial charge in [0.05, 0.1) is 13.7 Å². The Balaban J connectivity index is 1.83. The molecule has 0 fully saturated rings. The van der Waals surface area contributed by atoms with Crippen molar-refractivity contribution in [1.29, 1.82) is 0 Å². The molecule has 194 valence electrons. The van der Waals surface area contributed by atoms with Crippen molar-refractivity contribution in [3.63, 3.8) is 0 Å². The predicted molar refractivity (Wildman–Crippen MR) is 146 cm³/mol. The zero-order valence-electron chi connectivity index (χ0n) is 22.6. The molecule has 3 aromatic rings. The Hall–Kier alpha value is -3.28. The normalized spacial score (nSPS) is 11.6. The molecule has 1 aromatic heterocycles. The molecule has 0 spiro atoms. The number of carbonyl (C=O) groups is 2. The monoisotopic (exact) mass is 491 g/mol. The molecule has 0 aliphatic rings. The lowest BCUT2D eigenvalue weighted by Crippen LogP contribution is -2.45. The van der Waals surface area contributed by atoms with Gasteiger partial charge in [-0.15, -0.1) is 0 Å². The molecule has 3 rings (SSSR count). The molecule has 0 saturated carbocycles. The Bertz CT molecular complexity index is 1160. The van der Waals surface area contributed by atoms with Gasteiger partial charge in [-0.1, -0.05) is 71.0 Å². The van der Waals surface area contributed by atoms with Crippen molar-refractivity contribution < 1.29 is 14.3 Å². The number of aromatic amines is 1. The quantitative estimate of drug-likeness (QED) is 0.376. The SMILES string of the molecule is COc1ccccc1CN(CCc1c[nH]c2ccccc12)C(=O)CN(CC(C)C)C(=O)CC(C)(C)C. The lowest BCUT2D eigenvalue weighted by molar-refractivity contribution is -0.142. The molecule has 0 aliphatic heterocycles. The predicted octanol–water partition coefficient (Wildman–Crippen LogP) is 5.67. The number of amides is 2. The first-order valence-corrected chi connectivity index (χ1v) is 12.8. The first-order valence-electron chi connectivity index (χ1n) is 12.8. The van der Waals surface area contributed by atoms with Crippen LogP contribution in [0.3, 0.4) is 0 Å². The molecular formula is C30H41N3O3. The molecule has 0 bridgehead atoms. The van der Waals surface area contributed by atoms with Gasteiger partial charge in [0.2, 0.25) is 11.8 Å². The Labute approximate surface area is 215 Å². The minimum atomic E-state index is -0.137. The van der Waals surface area contributed by atoms with Gasteiger partial charge >= 0.3 is 0 Å². The Morgan fingerprint density at radius 2 is 1.64 bits per heavy atom. The number of H-pyrrole nitrogens is 1. The number of nitrogens with one attached hydrogen (secondary N) is 1. The second-order valence-corrected chi connectivity index (χ2v) is 11.1. The van der Waals surface area contributed by atoms with E-state index in [-0.39, 0.29) is 29.7 Å². The fourth-order valence-electron chi connectivity index (χ4n) is 4.45. The number of aromatic nitrogens is 1. The molecule has 6 heteroatoms. The van der Waals surface area contributed by atoms with Gasteiger partial charge in [0.25, 0.3) is 0 Å². The molecule has 0 aliphatic carbocycles. The molecule has 6 nitrogen and oxygen atoms in total. The Morgan fingerprint density at radius 3 is 2.33 bits per heavy atom. The molecule has 0 atom stereocenters. The Morgan fingerprint density at radius 1 is 0.944 bits per heavy atom. The van der Waals surface area contributed by atoms with E-state index in [0.717, 1.165) is 16.8 Å². The summed E-state index contributed by atoms with van der Waals surface area (Å²) < 4.78 is 5.55. The zero-order valence-corrected chi connectivity index (χ0v) is 22.6. The van der Waals surface area contributed by atoms with Gasteiger partial charge < -0.3 is 19.5 Å². The second kappa shape index (κ2) is 12.1. The van der Waals surface area contributed by atoms with E-state index in [2.05, 4.69) is 51.7 Å². The summed E-state index contributed by atoms with van der Waals surface area (Å²) in [6.45, 7) is 11.9. The van der Waals surface area contributed by atoms with Crippen LogP contribution in [-0.2, 0) is 22.6 Å². The number of fused-ring (bicyclic) bond motifs is 1. The van der Waals surface area contributed by atoms with Gasteiger partial charge in [-0.25, -0.2) is 0 Å². The molecule has 2 amide bonds. The number of methoxy groups -OCH3 is 1. The van der Waals surface area contributed by atoms with Crippen LogP contribution in [0.4, 0.5) is 0 Å². The van der Waals surface area contributed by atoms with Crippen LogP contribution in [-0.4, -0.2) is 53.3 Å². The summed E-state index contributed by atoms with van der Waals surface area (Å²) in [5, 5.41) is 1.17. The molecule has 0 unspecified atom stereocenters. The highest BCUT2D eigenvalue weighted by atomic mass is 16.5. The van der Waals surface area contributed by atoms with Crippen LogP contribution in [0.5, 0.6) is 5.75 Å². The fraction of sp³-hybridized carbons (Fsp3) is 0.467. The highest BCUT2D eigenvalue weighted by Gasteiger charge is 2.26. The number of benzene rings is 2. The van der Waals surface area contributed by atoms with E-state index in [1.54, 1.807) is 12.0 Å². The van der Waals surface area contributed by atoms with E-state index in [1.165, 1.54) is 10.9 Å². The third-order valence-electron chi connectivity index (χ3n) is 6.18. The van der Waals surface area contributed by atoms with Crippen LogP contribution < -0.4 is 4.74 Å². The number of hydrogen-bond acceptors (Lipinski definition) is 3. The van der Waals surface area contributed by atoms with Gasteiger partial charge in [-0.05, 0) is 35.4 Å². The number of hydrogen-bond donors (Lipinski definition) is 1.